The van der Waals surface area contributed by atoms with Crippen molar-refractivity contribution in [2.45, 2.75) is 39.0 Å². The molecule has 0 saturated heterocycles. The first-order chi connectivity index (χ1) is 16.4. The second kappa shape index (κ2) is 6.35. The number of hydrogen-bond acceptors (Lipinski definition) is 4. The molecule has 0 radical (unpaired) electrons. The lowest BCUT2D eigenvalue weighted by molar-refractivity contribution is 0.253. The number of aliphatic imine (C=N–C) groups is 4. The lowest BCUT2D eigenvalue weighted by Gasteiger charge is -2.44. The van der Waals surface area contributed by atoms with E-state index in [-0.39, 0.29) is 0 Å². The van der Waals surface area contributed by atoms with E-state index in [2.05, 4.69) is 72.8 Å². The Balaban J connectivity index is 1.77. The third-order valence-electron chi connectivity index (χ3n) is 7.71. The molecule has 0 aromatic heterocycles. The summed E-state index contributed by atoms with van der Waals surface area (Å²) in [5, 5.41) is 4.82. The van der Waals surface area contributed by atoms with Crippen LogP contribution in [0.1, 0.15) is 38.8 Å². The monoisotopic (exact) mass is 440 g/mol. The van der Waals surface area contributed by atoms with E-state index in [1.54, 1.807) is 0 Å². The van der Waals surface area contributed by atoms with Gasteiger partial charge in [-0.05, 0) is 60.4 Å². The van der Waals surface area contributed by atoms with Crippen LogP contribution in [0.3, 0.4) is 0 Å². The molecule has 4 aromatic carbocycles. The Labute approximate surface area is 198 Å². The van der Waals surface area contributed by atoms with E-state index >= 15 is 0 Å². The van der Waals surface area contributed by atoms with Gasteiger partial charge in [-0.1, -0.05) is 72.8 Å². The summed E-state index contributed by atoms with van der Waals surface area (Å²) in [4.78, 5) is 21.2. The largest absolute Gasteiger partial charge is 0.249 e. The highest BCUT2D eigenvalue weighted by Crippen LogP contribution is 2.62. The van der Waals surface area contributed by atoms with Crippen LogP contribution in [0.4, 0.5) is 0 Å². The highest BCUT2D eigenvalue weighted by Gasteiger charge is 2.62. The average Bonchev–Trinajstić information content (AvgIpc) is 3.33. The second-order valence-electron chi connectivity index (χ2n) is 9.55. The Morgan fingerprint density at radius 2 is 0.794 bits per heavy atom. The molecule has 0 saturated carbocycles. The fraction of sp³-hybridized carbons (Fsp3) is 0.200. The number of nitrogens with zero attached hydrogens (tertiary/aromatic N) is 4. The van der Waals surface area contributed by atoms with Gasteiger partial charge in [0.25, 0.3) is 0 Å². The van der Waals surface area contributed by atoms with Gasteiger partial charge < -0.3 is 0 Å². The maximum Gasteiger partial charge on any atom is 0.226 e. The van der Waals surface area contributed by atoms with Gasteiger partial charge in [0.15, 0.2) is 0 Å². The summed E-state index contributed by atoms with van der Waals surface area (Å²) >= 11 is 0. The average molecular weight is 441 g/mol. The molecule has 1 aliphatic carbocycles. The number of fused-ring (bicyclic) bond motifs is 10. The minimum Gasteiger partial charge on any atom is -0.249 e. The van der Waals surface area contributed by atoms with Crippen LogP contribution < -0.4 is 0 Å². The van der Waals surface area contributed by atoms with Crippen molar-refractivity contribution in [1.29, 1.82) is 0 Å². The standard InChI is InChI=1S/C30H24N4/c1-17-18(2)32-29(31-17)25-15-13-21-9-5-7-11-23(21)27(25)28-24-12-8-6-10-22(24)14-16-26(28)30(29)33-19(3)20(4)34-30/h5-16H,1-4H3. The summed E-state index contributed by atoms with van der Waals surface area (Å²) in [7, 11) is 0. The van der Waals surface area contributed by atoms with E-state index in [1.165, 1.54) is 32.7 Å². The van der Waals surface area contributed by atoms with Crippen LogP contribution in [0.15, 0.2) is 92.8 Å². The summed E-state index contributed by atoms with van der Waals surface area (Å²) < 4.78 is 0. The lowest BCUT2D eigenvalue weighted by atomic mass is 9.69. The van der Waals surface area contributed by atoms with Gasteiger partial charge in [0.1, 0.15) is 0 Å². The zero-order valence-electron chi connectivity index (χ0n) is 19.7. The van der Waals surface area contributed by atoms with Gasteiger partial charge in [0.05, 0.1) is 22.8 Å². The Kier molecular flexibility index (Phi) is 3.65. The molecule has 2 aliphatic heterocycles. The first kappa shape index (κ1) is 19.5. The maximum absolute atomic E-state index is 5.29. The summed E-state index contributed by atoms with van der Waals surface area (Å²) in [6.07, 6.45) is 0. The van der Waals surface area contributed by atoms with E-state index in [0.29, 0.717) is 0 Å². The van der Waals surface area contributed by atoms with Crippen LogP contribution in [0, 0.1) is 0 Å². The maximum atomic E-state index is 5.29. The van der Waals surface area contributed by atoms with E-state index in [1.807, 2.05) is 27.7 Å². The summed E-state index contributed by atoms with van der Waals surface area (Å²) in [5.74, 6) is 0. The van der Waals surface area contributed by atoms with Crippen LogP contribution in [0.25, 0.3) is 32.7 Å². The van der Waals surface area contributed by atoms with E-state index < -0.39 is 11.3 Å². The van der Waals surface area contributed by atoms with Gasteiger partial charge in [-0.2, -0.15) is 0 Å². The molecule has 4 aromatic rings. The van der Waals surface area contributed by atoms with Crippen molar-refractivity contribution in [3.8, 4) is 11.1 Å². The van der Waals surface area contributed by atoms with E-state index in [9.17, 15) is 0 Å². The zero-order chi connectivity index (χ0) is 23.2. The van der Waals surface area contributed by atoms with Gasteiger partial charge in [0, 0.05) is 11.1 Å². The zero-order valence-corrected chi connectivity index (χ0v) is 19.7. The Hall–Kier alpha value is -3.92. The van der Waals surface area contributed by atoms with Gasteiger partial charge in [0.2, 0.25) is 11.3 Å². The van der Waals surface area contributed by atoms with Crippen molar-refractivity contribution in [3.63, 3.8) is 0 Å². The quantitative estimate of drug-likeness (QED) is 0.287. The number of benzene rings is 4. The highest BCUT2D eigenvalue weighted by atomic mass is 15.3. The van der Waals surface area contributed by atoms with Gasteiger partial charge in [-0.3, -0.25) is 0 Å². The minimum absolute atomic E-state index is 0.940. The van der Waals surface area contributed by atoms with Crippen LogP contribution >= 0.6 is 0 Å². The molecule has 0 unspecified atom stereocenters. The van der Waals surface area contributed by atoms with Gasteiger partial charge in [-0.15, -0.1) is 0 Å². The fourth-order valence-electron chi connectivity index (χ4n) is 5.94. The normalized spacial score (nSPS) is 19.2. The molecule has 34 heavy (non-hydrogen) atoms. The van der Waals surface area contributed by atoms with Crippen molar-refractivity contribution in [2.75, 3.05) is 0 Å². The fourth-order valence-corrected chi connectivity index (χ4v) is 5.94. The van der Waals surface area contributed by atoms with Crippen molar-refractivity contribution < 1.29 is 0 Å². The smallest absolute Gasteiger partial charge is 0.226 e. The molecule has 0 atom stereocenters. The second-order valence-corrected chi connectivity index (χ2v) is 9.55. The molecule has 4 nitrogen and oxygen atoms in total. The first-order valence-corrected chi connectivity index (χ1v) is 11.8. The van der Waals surface area contributed by atoms with Crippen LogP contribution in [0.5, 0.6) is 0 Å². The lowest BCUT2D eigenvalue weighted by Crippen LogP contribution is -2.46. The van der Waals surface area contributed by atoms with Crippen LogP contribution in [-0.4, -0.2) is 22.8 Å². The van der Waals surface area contributed by atoms with Crippen molar-refractivity contribution in [2.24, 2.45) is 20.0 Å². The van der Waals surface area contributed by atoms with Crippen molar-refractivity contribution >= 4 is 44.4 Å². The topological polar surface area (TPSA) is 49.4 Å². The predicted octanol–water partition coefficient (Wildman–Crippen LogP) is 6.85. The summed E-state index contributed by atoms with van der Waals surface area (Å²) in [6.45, 7) is 8.17. The minimum atomic E-state index is -0.963. The molecular formula is C30H24N4. The van der Waals surface area contributed by atoms with Gasteiger partial charge in [-0.25, -0.2) is 20.0 Å². The molecule has 7 rings (SSSR count). The molecule has 0 bridgehead atoms. The molecule has 0 N–H and O–H groups in total. The highest BCUT2D eigenvalue weighted by molar-refractivity contribution is 6.43. The number of hydrogen-bond donors (Lipinski definition) is 0. The molecule has 2 spiro atoms. The van der Waals surface area contributed by atoms with E-state index in [0.717, 1.165) is 34.0 Å². The van der Waals surface area contributed by atoms with E-state index in [4.69, 9.17) is 20.0 Å². The number of rotatable bonds is 0. The Morgan fingerprint density at radius 1 is 0.441 bits per heavy atom. The predicted molar refractivity (Wildman–Crippen MR) is 143 cm³/mol. The molecule has 164 valence electrons. The molecule has 0 fully saturated rings. The Bertz CT molecular complexity index is 1540. The van der Waals surface area contributed by atoms with Crippen molar-refractivity contribution in [1.82, 2.24) is 0 Å². The molecule has 0 amide bonds. The van der Waals surface area contributed by atoms with Crippen LogP contribution in [-0.2, 0) is 11.3 Å². The third kappa shape index (κ3) is 2.18. The molecule has 4 heteroatoms. The molecule has 3 aliphatic rings. The Morgan fingerprint density at radius 3 is 1.18 bits per heavy atom. The third-order valence-corrected chi connectivity index (χ3v) is 7.71. The SMILES string of the molecule is CC1=NC2(N=C1C)c1ccc3ccccc3c1-c1c(ccc3ccccc13)C21N=C(C)C(C)=N1. The first-order valence-electron chi connectivity index (χ1n) is 11.8. The van der Waals surface area contributed by atoms with Crippen LogP contribution in [0.2, 0.25) is 0 Å². The summed E-state index contributed by atoms with van der Waals surface area (Å²) in [5.41, 5.74) is 6.36. The molecule has 2 heterocycles. The van der Waals surface area contributed by atoms with Gasteiger partial charge >= 0.3 is 0 Å². The summed E-state index contributed by atoms with van der Waals surface area (Å²) in [6, 6.07) is 26.0. The molecular weight excluding hydrogens is 416 g/mol. The van der Waals surface area contributed by atoms with Crippen molar-refractivity contribution in [3.05, 3.63) is 83.9 Å².